The number of rotatable bonds is 7. The molecule has 2 aromatic heterocycles. The van der Waals surface area contributed by atoms with Crippen molar-refractivity contribution < 1.29 is 31.8 Å². The highest BCUT2D eigenvalue weighted by atomic mass is 19.4. The number of fused-ring (bicyclic) bond motifs is 1. The first-order chi connectivity index (χ1) is 16.2. The molecule has 2 N–H and O–H groups in total. The van der Waals surface area contributed by atoms with Gasteiger partial charge in [0.2, 0.25) is 5.95 Å². The highest BCUT2D eigenvalue weighted by Crippen LogP contribution is 2.38. The van der Waals surface area contributed by atoms with Gasteiger partial charge >= 0.3 is 12.8 Å². The molecule has 7 nitrogen and oxygen atoms in total. The highest BCUT2D eigenvalue weighted by molar-refractivity contribution is 5.81. The molecule has 0 saturated carbocycles. The summed E-state index contributed by atoms with van der Waals surface area (Å²) in [7, 11) is 0. The number of benzene rings is 1. The Morgan fingerprint density at radius 3 is 2.74 bits per heavy atom. The first kappa shape index (κ1) is 24.1. The van der Waals surface area contributed by atoms with Crippen LogP contribution in [0.2, 0.25) is 0 Å². The summed E-state index contributed by atoms with van der Waals surface area (Å²) in [4.78, 5) is 2.17. The van der Waals surface area contributed by atoms with Crippen molar-refractivity contribution in [2.45, 2.75) is 44.6 Å². The molecule has 1 fully saturated rings. The van der Waals surface area contributed by atoms with Crippen LogP contribution in [0.5, 0.6) is 5.75 Å². The maximum atomic E-state index is 13.1. The van der Waals surface area contributed by atoms with Crippen molar-refractivity contribution >= 4 is 11.5 Å². The fraction of sp³-hybridized carbons (Fsp3) is 0.455. The SMILES string of the molecule is CC(CO)N1CCC[C@@H](Nc2nnc(-c3ccc(C(F)(F)F)cc3OC(F)F)c3cccn23)C1. The summed E-state index contributed by atoms with van der Waals surface area (Å²) >= 11 is 0. The van der Waals surface area contributed by atoms with E-state index < -0.39 is 24.1 Å². The third-order valence-electron chi connectivity index (χ3n) is 5.92. The predicted molar refractivity (Wildman–Crippen MR) is 115 cm³/mol. The molecule has 3 heterocycles. The lowest BCUT2D eigenvalue weighted by atomic mass is 10.0. The predicted octanol–water partition coefficient (Wildman–Crippen LogP) is 4.27. The molecule has 1 aliphatic rings. The average Bonchev–Trinajstić information content (AvgIpc) is 3.29. The molecule has 3 aromatic rings. The summed E-state index contributed by atoms with van der Waals surface area (Å²) in [5.41, 5.74) is -0.563. The Morgan fingerprint density at radius 2 is 2.03 bits per heavy atom. The first-order valence-electron chi connectivity index (χ1n) is 10.8. The average molecular weight is 485 g/mol. The molecule has 12 heteroatoms. The van der Waals surface area contributed by atoms with E-state index in [2.05, 4.69) is 25.2 Å². The smallest absolute Gasteiger partial charge is 0.416 e. The number of piperidine rings is 1. The summed E-state index contributed by atoms with van der Waals surface area (Å²) in [5.74, 6) is -0.223. The van der Waals surface area contributed by atoms with E-state index in [1.807, 2.05) is 6.92 Å². The molecule has 0 aliphatic carbocycles. The Hall–Kier alpha value is -2.99. The van der Waals surface area contributed by atoms with Gasteiger partial charge in [-0.25, -0.2) is 0 Å². The Balaban J connectivity index is 1.68. The quantitative estimate of drug-likeness (QED) is 0.487. The Labute approximate surface area is 192 Å². The van der Waals surface area contributed by atoms with E-state index in [0.717, 1.165) is 31.5 Å². The number of aliphatic hydroxyl groups is 1. The molecule has 1 unspecified atom stereocenters. The van der Waals surface area contributed by atoms with Gasteiger partial charge in [0.25, 0.3) is 0 Å². The van der Waals surface area contributed by atoms with Crippen LogP contribution < -0.4 is 10.1 Å². The fourth-order valence-electron chi connectivity index (χ4n) is 4.16. The van der Waals surface area contributed by atoms with Crippen LogP contribution in [-0.2, 0) is 6.18 Å². The van der Waals surface area contributed by atoms with E-state index in [1.165, 1.54) is 0 Å². The first-order valence-corrected chi connectivity index (χ1v) is 10.8. The number of halogens is 5. The number of aromatic nitrogens is 3. The van der Waals surface area contributed by atoms with Crippen LogP contribution in [0.1, 0.15) is 25.3 Å². The second-order valence-electron chi connectivity index (χ2n) is 8.23. The van der Waals surface area contributed by atoms with Crippen LogP contribution in [0.3, 0.4) is 0 Å². The molecule has 0 spiro atoms. The summed E-state index contributed by atoms with van der Waals surface area (Å²) < 4.78 is 71.4. The maximum absolute atomic E-state index is 13.1. The van der Waals surface area contributed by atoms with Crippen LogP contribution in [0.15, 0.2) is 36.5 Å². The zero-order chi connectivity index (χ0) is 24.5. The fourth-order valence-corrected chi connectivity index (χ4v) is 4.16. The second kappa shape index (κ2) is 9.71. The minimum absolute atomic E-state index is 0.0255. The summed E-state index contributed by atoms with van der Waals surface area (Å²) in [6.45, 7) is 0.266. The number of anilines is 1. The number of alkyl halides is 5. The molecular weight excluding hydrogens is 461 g/mol. The molecule has 34 heavy (non-hydrogen) atoms. The van der Waals surface area contributed by atoms with Crippen LogP contribution >= 0.6 is 0 Å². The maximum Gasteiger partial charge on any atom is 0.416 e. The van der Waals surface area contributed by atoms with Gasteiger partial charge in [-0.15, -0.1) is 10.2 Å². The van der Waals surface area contributed by atoms with Crippen molar-refractivity contribution in [1.82, 2.24) is 19.5 Å². The van der Waals surface area contributed by atoms with E-state index >= 15 is 0 Å². The number of aliphatic hydroxyl groups excluding tert-OH is 1. The Morgan fingerprint density at radius 1 is 1.24 bits per heavy atom. The topological polar surface area (TPSA) is 74.9 Å². The molecule has 0 radical (unpaired) electrons. The molecule has 1 saturated heterocycles. The Bertz CT molecular complexity index is 1140. The Kier molecular flexibility index (Phi) is 6.89. The third-order valence-corrected chi connectivity index (χ3v) is 5.92. The van der Waals surface area contributed by atoms with Gasteiger partial charge in [0.15, 0.2) is 0 Å². The summed E-state index contributed by atoms with van der Waals surface area (Å²) in [5, 5.41) is 21.1. The lowest BCUT2D eigenvalue weighted by molar-refractivity contribution is -0.138. The number of hydrogen-bond acceptors (Lipinski definition) is 6. The highest BCUT2D eigenvalue weighted by Gasteiger charge is 2.32. The van der Waals surface area contributed by atoms with Gasteiger partial charge in [0.05, 0.1) is 17.7 Å². The van der Waals surface area contributed by atoms with Crippen molar-refractivity contribution in [2.24, 2.45) is 0 Å². The molecule has 1 aromatic carbocycles. The summed E-state index contributed by atoms with van der Waals surface area (Å²) in [6.07, 6.45) is -1.21. The second-order valence-corrected chi connectivity index (χ2v) is 8.23. The molecule has 4 rings (SSSR count). The number of likely N-dealkylation sites (tertiary alicyclic amines) is 1. The van der Waals surface area contributed by atoms with E-state index in [0.29, 0.717) is 24.1 Å². The van der Waals surface area contributed by atoms with Crippen molar-refractivity contribution in [3.8, 4) is 17.0 Å². The minimum atomic E-state index is -4.72. The third kappa shape index (κ3) is 5.07. The zero-order valence-corrected chi connectivity index (χ0v) is 18.3. The van der Waals surface area contributed by atoms with Crippen LogP contribution in [0.25, 0.3) is 16.8 Å². The van der Waals surface area contributed by atoms with Gasteiger partial charge in [-0.05, 0) is 56.6 Å². The van der Waals surface area contributed by atoms with E-state index in [-0.39, 0.29) is 29.9 Å². The van der Waals surface area contributed by atoms with Crippen molar-refractivity contribution in [3.05, 3.63) is 42.1 Å². The number of nitrogens with one attached hydrogen (secondary N) is 1. The van der Waals surface area contributed by atoms with Gasteiger partial charge in [0.1, 0.15) is 11.4 Å². The van der Waals surface area contributed by atoms with Crippen molar-refractivity contribution in [3.63, 3.8) is 0 Å². The molecule has 0 bridgehead atoms. The van der Waals surface area contributed by atoms with Gasteiger partial charge in [0, 0.05) is 30.4 Å². The monoisotopic (exact) mass is 485 g/mol. The lowest BCUT2D eigenvalue weighted by Crippen LogP contribution is -2.47. The standard InChI is InChI=1S/C22H24F5N5O2/c1-13(12-33)31-8-2-4-15(11-31)28-21-30-29-19(17-5-3-9-32(17)21)16-7-6-14(22(25,26)27)10-18(16)34-20(23)24/h3,5-7,9-10,13,15,20,33H,2,4,8,11-12H2,1H3,(H,28,30)/t13?,15-/m1/s1. The molecular formula is C22H24F5N5O2. The van der Waals surface area contributed by atoms with Crippen LogP contribution in [0, 0.1) is 0 Å². The van der Waals surface area contributed by atoms with E-state index in [1.54, 1.807) is 22.7 Å². The number of hydrogen-bond donors (Lipinski definition) is 2. The normalized spacial score (nSPS) is 18.4. The van der Waals surface area contributed by atoms with E-state index in [4.69, 9.17) is 0 Å². The molecule has 2 atom stereocenters. The van der Waals surface area contributed by atoms with Crippen molar-refractivity contribution in [1.29, 1.82) is 0 Å². The van der Waals surface area contributed by atoms with Crippen molar-refractivity contribution in [2.75, 3.05) is 25.0 Å². The number of ether oxygens (including phenoxy) is 1. The number of nitrogens with zero attached hydrogens (tertiary/aromatic N) is 4. The van der Waals surface area contributed by atoms with Gasteiger partial charge in [-0.2, -0.15) is 22.0 Å². The summed E-state index contributed by atoms with van der Waals surface area (Å²) in [6, 6.07) is 5.81. The van der Waals surface area contributed by atoms with Gasteiger partial charge < -0.3 is 15.2 Å². The lowest BCUT2D eigenvalue weighted by Gasteiger charge is -2.36. The largest absolute Gasteiger partial charge is 0.434 e. The van der Waals surface area contributed by atoms with Gasteiger partial charge in [-0.3, -0.25) is 9.30 Å². The minimum Gasteiger partial charge on any atom is -0.434 e. The molecule has 0 amide bonds. The van der Waals surface area contributed by atoms with Gasteiger partial charge in [-0.1, -0.05) is 0 Å². The van der Waals surface area contributed by atoms with Crippen LogP contribution in [-0.4, -0.2) is 63.0 Å². The zero-order valence-electron chi connectivity index (χ0n) is 18.3. The molecule has 1 aliphatic heterocycles. The van der Waals surface area contributed by atoms with Crippen LogP contribution in [0.4, 0.5) is 27.9 Å². The molecule has 184 valence electrons. The van der Waals surface area contributed by atoms with E-state index in [9.17, 15) is 27.1 Å².